The van der Waals surface area contributed by atoms with Gasteiger partial charge in [0.05, 0.1) is 16.8 Å². The highest BCUT2D eigenvalue weighted by atomic mass is 35.5. The van der Waals surface area contributed by atoms with Gasteiger partial charge in [0.2, 0.25) is 0 Å². The van der Waals surface area contributed by atoms with Crippen molar-refractivity contribution >= 4 is 23.3 Å². The molecule has 5 heteroatoms. The topological polar surface area (TPSA) is 66.0 Å². The predicted octanol–water partition coefficient (Wildman–Crippen LogP) is 1.11. The van der Waals surface area contributed by atoms with Crippen LogP contribution in [0.15, 0.2) is 18.3 Å². The van der Waals surface area contributed by atoms with E-state index in [2.05, 4.69) is 4.98 Å². The van der Waals surface area contributed by atoms with Crippen molar-refractivity contribution in [3.05, 3.63) is 23.4 Å². The van der Waals surface area contributed by atoms with Gasteiger partial charge in [0.15, 0.2) is 0 Å². The van der Waals surface area contributed by atoms with Crippen LogP contribution >= 0.6 is 11.6 Å². The van der Waals surface area contributed by atoms with Gasteiger partial charge >= 0.3 is 0 Å². The zero-order valence-electron chi connectivity index (χ0n) is 7.57. The van der Waals surface area contributed by atoms with E-state index in [9.17, 15) is 0 Å². The van der Waals surface area contributed by atoms with E-state index in [-0.39, 0.29) is 11.8 Å². The number of nitrogens with one attached hydrogen (secondary N) is 1. The van der Waals surface area contributed by atoms with Crippen molar-refractivity contribution in [2.24, 2.45) is 11.7 Å². The number of pyridine rings is 1. The SMILES string of the molecule is N=C(N)C1CN(c2ncccc2Cl)C1. The summed E-state index contributed by atoms with van der Waals surface area (Å²) >= 11 is 5.97. The van der Waals surface area contributed by atoms with Gasteiger partial charge in [0.25, 0.3) is 0 Å². The van der Waals surface area contributed by atoms with E-state index in [1.807, 2.05) is 11.0 Å². The molecule has 2 heterocycles. The number of aromatic nitrogens is 1. The van der Waals surface area contributed by atoms with Crippen molar-refractivity contribution in [2.75, 3.05) is 18.0 Å². The molecule has 0 spiro atoms. The van der Waals surface area contributed by atoms with Crippen molar-refractivity contribution in [3.8, 4) is 0 Å². The zero-order chi connectivity index (χ0) is 10.1. The van der Waals surface area contributed by atoms with Crippen LogP contribution in [0.3, 0.4) is 0 Å². The standard InChI is InChI=1S/C9H11ClN4/c10-7-2-1-3-13-9(7)14-4-6(5-14)8(11)12/h1-3,6H,4-5H2,(H3,11,12). The lowest BCUT2D eigenvalue weighted by Gasteiger charge is -2.39. The first-order valence-corrected chi connectivity index (χ1v) is 4.75. The van der Waals surface area contributed by atoms with Crippen LogP contribution in [0.4, 0.5) is 5.82 Å². The second-order valence-electron chi connectivity index (χ2n) is 3.37. The number of nitrogens with zero attached hydrogens (tertiary/aromatic N) is 2. The van der Waals surface area contributed by atoms with Crippen LogP contribution in [0.25, 0.3) is 0 Å². The van der Waals surface area contributed by atoms with Gasteiger partial charge in [-0.1, -0.05) is 11.6 Å². The Kier molecular flexibility index (Phi) is 2.29. The normalized spacial score (nSPS) is 16.5. The van der Waals surface area contributed by atoms with E-state index >= 15 is 0 Å². The number of anilines is 1. The Balaban J connectivity index is 2.07. The van der Waals surface area contributed by atoms with Crippen LogP contribution in [0.1, 0.15) is 0 Å². The highest BCUT2D eigenvalue weighted by molar-refractivity contribution is 6.32. The van der Waals surface area contributed by atoms with Crippen LogP contribution in [0.2, 0.25) is 5.02 Å². The average Bonchev–Trinajstić information content (AvgIpc) is 2.05. The third-order valence-electron chi connectivity index (χ3n) is 2.36. The number of amidine groups is 1. The molecular formula is C9H11ClN4. The largest absolute Gasteiger partial charge is 0.387 e. The second kappa shape index (κ2) is 3.46. The Morgan fingerprint density at radius 2 is 2.36 bits per heavy atom. The summed E-state index contributed by atoms with van der Waals surface area (Å²) in [6, 6.07) is 3.61. The minimum absolute atomic E-state index is 0.160. The smallest absolute Gasteiger partial charge is 0.147 e. The van der Waals surface area contributed by atoms with Gasteiger partial charge in [-0.25, -0.2) is 4.98 Å². The minimum atomic E-state index is 0.160. The lowest BCUT2D eigenvalue weighted by molar-refractivity contribution is 0.511. The van der Waals surface area contributed by atoms with Crippen molar-refractivity contribution in [2.45, 2.75) is 0 Å². The summed E-state index contributed by atoms with van der Waals surface area (Å²) in [6.45, 7) is 1.48. The van der Waals surface area contributed by atoms with Crippen molar-refractivity contribution in [1.82, 2.24) is 4.98 Å². The highest BCUT2D eigenvalue weighted by Gasteiger charge is 2.30. The molecule has 0 aliphatic carbocycles. The van der Waals surface area contributed by atoms with Gasteiger partial charge in [-0.2, -0.15) is 0 Å². The molecule has 0 saturated carbocycles. The molecule has 0 bridgehead atoms. The number of halogens is 1. The van der Waals surface area contributed by atoms with Gasteiger partial charge in [0, 0.05) is 19.3 Å². The Hall–Kier alpha value is -1.29. The van der Waals surface area contributed by atoms with Gasteiger partial charge in [-0.05, 0) is 12.1 Å². The van der Waals surface area contributed by atoms with Crippen LogP contribution in [-0.4, -0.2) is 23.9 Å². The molecule has 0 unspecified atom stereocenters. The first-order chi connectivity index (χ1) is 6.68. The monoisotopic (exact) mass is 210 g/mol. The molecule has 0 amide bonds. The molecule has 1 aliphatic heterocycles. The van der Waals surface area contributed by atoms with Gasteiger partial charge in [0.1, 0.15) is 5.82 Å². The molecule has 1 aliphatic rings. The fourth-order valence-electron chi connectivity index (χ4n) is 1.46. The molecule has 1 fully saturated rings. The number of hydrogen-bond acceptors (Lipinski definition) is 3. The third-order valence-corrected chi connectivity index (χ3v) is 2.65. The summed E-state index contributed by atoms with van der Waals surface area (Å²) < 4.78 is 0. The molecule has 1 aromatic rings. The summed E-state index contributed by atoms with van der Waals surface area (Å²) in [6.07, 6.45) is 1.71. The van der Waals surface area contributed by atoms with Gasteiger partial charge < -0.3 is 10.6 Å². The quantitative estimate of drug-likeness (QED) is 0.568. The van der Waals surface area contributed by atoms with Crippen LogP contribution in [0.5, 0.6) is 0 Å². The summed E-state index contributed by atoms with van der Waals surface area (Å²) in [5.41, 5.74) is 5.38. The number of hydrogen-bond donors (Lipinski definition) is 2. The van der Waals surface area contributed by atoms with Crippen molar-refractivity contribution in [1.29, 1.82) is 5.41 Å². The second-order valence-corrected chi connectivity index (χ2v) is 3.77. The Morgan fingerprint density at radius 3 is 2.93 bits per heavy atom. The molecule has 0 aromatic carbocycles. The molecule has 74 valence electrons. The maximum atomic E-state index is 7.26. The fourth-order valence-corrected chi connectivity index (χ4v) is 1.70. The van der Waals surface area contributed by atoms with Gasteiger partial charge in [-0.3, -0.25) is 5.41 Å². The first kappa shape index (κ1) is 9.27. The van der Waals surface area contributed by atoms with Crippen LogP contribution in [0, 0.1) is 11.3 Å². The molecule has 14 heavy (non-hydrogen) atoms. The summed E-state index contributed by atoms with van der Waals surface area (Å²) in [5, 5.41) is 7.90. The maximum absolute atomic E-state index is 7.26. The molecular weight excluding hydrogens is 200 g/mol. The fraction of sp³-hybridized carbons (Fsp3) is 0.333. The van der Waals surface area contributed by atoms with E-state index in [1.54, 1.807) is 12.3 Å². The minimum Gasteiger partial charge on any atom is -0.387 e. The lowest BCUT2D eigenvalue weighted by Crippen LogP contribution is -2.52. The number of rotatable bonds is 2. The highest BCUT2D eigenvalue weighted by Crippen LogP contribution is 2.28. The molecule has 1 aromatic heterocycles. The van der Waals surface area contributed by atoms with Crippen LogP contribution in [-0.2, 0) is 0 Å². The third kappa shape index (κ3) is 1.53. The molecule has 1 saturated heterocycles. The maximum Gasteiger partial charge on any atom is 0.147 e. The van der Waals surface area contributed by atoms with E-state index in [4.69, 9.17) is 22.7 Å². The summed E-state index contributed by atoms with van der Waals surface area (Å²) in [5.74, 6) is 1.19. The van der Waals surface area contributed by atoms with Crippen molar-refractivity contribution in [3.63, 3.8) is 0 Å². The molecule has 3 N–H and O–H groups in total. The first-order valence-electron chi connectivity index (χ1n) is 4.38. The molecule has 0 atom stereocenters. The summed E-state index contributed by atoms with van der Waals surface area (Å²) in [7, 11) is 0. The molecule has 2 rings (SSSR count). The lowest BCUT2D eigenvalue weighted by atomic mass is 9.99. The van der Waals surface area contributed by atoms with E-state index < -0.39 is 0 Å². The predicted molar refractivity (Wildman–Crippen MR) is 56.9 cm³/mol. The van der Waals surface area contributed by atoms with E-state index in [1.165, 1.54) is 0 Å². The van der Waals surface area contributed by atoms with Gasteiger partial charge in [-0.15, -0.1) is 0 Å². The molecule has 4 nitrogen and oxygen atoms in total. The Bertz CT molecular complexity index is 360. The van der Waals surface area contributed by atoms with E-state index in [0.717, 1.165) is 18.9 Å². The Labute approximate surface area is 87.2 Å². The van der Waals surface area contributed by atoms with Crippen LogP contribution < -0.4 is 10.6 Å². The zero-order valence-corrected chi connectivity index (χ0v) is 8.33. The van der Waals surface area contributed by atoms with E-state index in [0.29, 0.717) is 5.02 Å². The Morgan fingerprint density at radius 1 is 1.64 bits per heavy atom. The number of nitrogens with two attached hydrogens (primary N) is 1. The van der Waals surface area contributed by atoms with Crippen molar-refractivity contribution < 1.29 is 0 Å². The average molecular weight is 211 g/mol. The molecule has 0 radical (unpaired) electrons. The summed E-state index contributed by atoms with van der Waals surface area (Å²) in [4.78, 5) is 6.20.